The summed E-state index contributed by atoms with van der Waals surface area (Å²) in [7, 11) is 0. The summed E-state index contributed by atoms with van der Waals surface area (Å²) in [6.45, 7) is 3.06. The Morgan fingerprint density at radius 3 is 2.91 bits per heavy atom. The Labute approximate surface area is 190 Å². The summed E-state index contributed by atoms with van der Waals surface area (Å²) in [5.74, 6) is 0.646. The second kappa shape index (κ2) is 9.45. The standard InChI is InChI=1S/C23H25FN6O3/c24-17-14-20-16(13-19(17)29-8-11-32-12-9-29)23(31)27-21-6-4-5-18(26-21)22-28-25-15-30(22)7-2-1-3-10-33-20/h1-2,4-6,13-15,18,26H,3,7-12H2,(H,27,31)/b2-1-. The molecule has 33 heavy (non-hydrogen) atoms. The van der Waals surface area contributed by atoms with Crippen LogP contribution in [0.15, 0.2) is 54.7 Å². The zero-order chi connectivity index (χ0) is 22.6. The number of carbonyl (C=O) groups is 1. The molecule has 3 aliphatic heterocycles. The van der Waals surface area contributed by atoms with Crippen LogP contribution in [0.5, 0.6) is 5.75 Å². The highest BCUT2D eigenvalue weighted by molar-refractivity contribution is 5.99. The van der Waals surface area contributed by atoms with E-state index in [9.17, 15) is 9.18 Å². The number of fused-ring (bicyclic) bond motifs is 5. The van der Waals surface area contributed by atoms with Gasteiger partial charge in [0.2, 0.25) is 0 Å². The smallest absolute Gasteiger partial charge is 0.260 e. The third-order valence-electron chi connectivity index (χ3n) is 5.71. The van der Waals surface area contributed by atoms with Crippen molar-refractivity contribution in [3.05, 3.63) is 71.9 Å². The minimum absolute atomic E-state index is 0.214. The quantitative estimate of drug-likeness (QED) is 0.640. The Morgan fingerprint density at radius 1 is 1.15 bits per heavy atom. The van der Waals surface area contributed by atoms with Crippen molar-refractivity contribution in [2.45, 2.75) is 19.0 Å². The first kappa shape index (κ1) is 21.2. The zero-order valence-electron chi connectivity index (χ0n) is 18.0. The third-order valence-corrected chi connectivity index (χ3v) is 5.71. The van der Waals surface area contributed by atoms with Gasteiger partial charge in [0.1, 0.15) is 29.8 Å². The van der Waals surface area contributed by atoms with Gasteiger partial charge in [0.05, 0.1) is 31.1 Å². The van der Waals surface area contributed by atoms with Crippen molar-refractivity contribution in [2.75, 3.05) is 37.8 Å². The maximum atomic E-state index is 15.0. The number of anilines is 1. The normalized spacial score (nSPS) is 21.8. The van der Waals surface area contributed by atoms with Gasteiger partial charge in [-0.25, -0.2) is 4.39 Å². The fraction of sp³-hybridized carbons (Fsp3) is 0.348. The van der Waals surface area contributed by atoms with Crippen LogP contribution in [0.3, 0.4) is 0 Å². The van der Waals surface area contributed by atoms with Gasteiger partial charge < -0.3 is 29.6 Å². The molecule has 0 spiro atoms. The van der Waals surface area contributed by atoms with E-state index < -0.39 is 5.82 Å². The number of benzene rings is 1. The molecule has 3 aliphatic rings. The van der Waals surface area contributed by atoms with Crippen LogP contribution in [0.2, 0.25) is 0 Å². The third kappa shape index (κ3) is 4.61. The van der Waals surface area contributed by atoms with Crippen LogP contribution < -0.4 is 20.3 Å². The van der Waals surface area contributed by atoms with Crippen molar-refractivity contribution in [3.8, 4) is 5.75 Å². The lowest BCUT2D eigenvalue weighted by Crippen LogP contribution is -2.37. The molecule has 1 amide bonds. The van der Waals surface area contributed by atoms with Crippen molar-refractivity contribution < 1.29 is 18.7 Å². The summed E-state index contributed by atoms with van der Waals surface area (Å²) in [5.41, 5.74) is 0.638. The fourth-order valence-corrected chi connectivity index (χ4v) is 4.02. The number of hydrogen-bond acceptors (Lipinski definition) is 7. The number of amides is 1. The average Bonchev–Trinajstić information content (AvgIpc) is 3.30. The second-order valence-corrected chi connectivity index (χ2v) is 7.89. The van der Waals surface area contributed by atoms with E-state index in [1.165, 1.54) is 6.07 Å². The van der Waals surface area contributed by atoms with E-state index in [1.807, 2.05) is 33.8 Å². The number of allylic oxidation sites excluding steroid dienone is 3. The predicted octanol–water partition coefficient (Wildman–Crippen LogP) is 2.06. The summed E-state index contributed by atoms with van der Waals surface area (Å²) < 4.78 is 28.1. The summed E-state index contributed by atoms with van der Waals surface area (Å²) in [6.07, 6.45) is 11.8. The molecule has 1 aromatic heterocycles. The van der Waals surface area contributed by atoms with E-state index >= 15 is 0 Å². The Balaban J connectivity index is 1.48. The molecule has 1 atom stereocenters. The Hall–Kier alpha value is -3.66. The van der Waals surface area contributed by atoms with Gasteiger partial charge in [-0.15, -0.1) is 10.2 Å². The second-order valence-electron chi connectivity index (χ2n) is 7.89. The highest BCUT2D eigenvalue weighted by Gasteiger charge is 2.24. The molecule has 4 heterocycles. The Bertz CT molecular complexity index is 1120. The number of morpholine rings is 1. The fourth-order valence-electron chi connectivity index (χ4n) is 4.02. The van der Waals surface area contributed by atoms with Crippen molar-refractivity contribution in [2.24, 2.45) is 0 Å². The van der Waals surface area contributed by atoms with Crippen LogP contribution >= 0.6 is 0 Å². The van der Waals surface area contributed by atoms with Gasteiger partial charge in [0.15, 0.2) is 5.82 Å². The van der Waals surface area contributed by atoms with Gasteiger partial charge in [-0.05, 0) is 18.6 Å². The number of dihydropyridines is 1. The summed E-state index contributed by atoms with van der Waals surface area (Å²) in [6, 6.07) is 2.61. The molecule has 10 heteroatoms. The minimum atomic E-state index is -0.423. The summed E-state index contributed by atoms with van der Waals surface area (Å²) in [5, 5.41) is 14.4. The van der Waals surface area contributed by atoms with Crippen LogP contribution in [0.25, 0.3) is 0 Å². The number of nitrogens with one attached hydrogen (secondary N) is 2. The van der Waals surface area contributed by atoms with Crippen molar-refractivity contribution >= 4 is 11.6 Å². The van der Waals surface area contributed by atoms with E-state index in [0.717, 1.165) is 5.82 Å². The van der Waals surface area contributed by atoms with E-state index in [-0.39, 0.29) is 23.3 Å². The van der Waals surface area contributed by atoms with E-state index in [0.29, 0.717) is 57.4 Å². The number of nitrogens with zero attached hydrogens (tertiary/aromatic N) is 4. The Morgan fingerprint density at radius 2 is 2.03 bits per heavy atom. The number of hydrogen-bond donors (Lipinski definition) is 2. The summed E-state index contributed by atoms with van der Waals surface area (Å²) in [4.78, 5) is 15.2. The highest BCUT2D eigenvalue weighted by atomic mass is 19.1. The molecule has 9 nitrogen and oxygen atoms in total. The predicted molar refractivity (Wildman–Crippen MR) is 119 cm³/mol. The maximum Gasteiger partial charge on any atom is 0.260 e. The number of halogens is 1. The molecule has 172 valence electrons. The average molecular weight is 452 g/mol. The number of aromatic nitrogens is 3. The van der Waals surface area contributed by atoms with Gasteiger partial charge >= 0.3 is 0 Å². The van der Waals surface area contributed by atoms with Crippen molar-refractivity contribution in [3.63, 3.8) is 0 Å². The molecule has 1 aromatic carbocycles. The number of carbonyl (C=O) groups excluding carboxylic acids is 1. The van der Waals surface area contributed by atoms with Gasteiger partial charge in [-0.2, -0.15) is 0 Å². The van der Waals surface area contributed by atoms with E-state index in [4.69, 9.17) is 9.47 Å². The minimum Gasteiger partial charge on any atom is -0.492 e. The van der Waals surface area contributed by atoms with Crippen LogP contribution in [0, 0.1) is 5.82 Å². The first-order valence-electron chi connectivity index (χ1n) is 11.0. The summed E-state index contributed by atoms with van der Waals surface area (Å²) >= 11 is 0. The van der Waals surface area contributed by atoms with Crippen LogP contribution in [0.1, 0.15) is 28.6 Å². The van der Waals surface area contributed by atoms with Crippen molar-refractivity contribution in [1.29, 1.82) is 0 Å². The lowest BCUT2D eigenvalue weighted by molar-refractivity contribution is 0.0958. The zero-order valence-corrected chi connectivity index (χ0v) is 18.0. The molecule has 1 fully saturated rings. The largest absolute Gasteiger partial charge is 0.492 e. The molecule has 5 rings (SSSR count). The molecule has 1 saturated heterocycles. The SMILES string of the molecule is O=C1NC2=CC=CC(N2)c2nncn2C/C=C\CCOc2cc(F)c(N3CCOCC3)cc21. The molecule has 0 saturated carbocycles. The van der Waals surface area contributed by atoms with Gasteiger partial charge in [-0.1, -0.05) is 24.3 Å². The molecule has 1 unspecified atom stereocenters. The van der Waals surface area contributed by atoms with Crippen molar-refractivity contribution in [1.82, 2.24) is 25.4 Å². The molecule has 0 aliphatic carbocycles. The monoisotopic (exact) mass is 452 g/mol. The molecule has 2 bridgehead atoms. The topological polar surface area (TPSA) is 93.5 Å². The molecular formula is C23H25FN6O3. The number of rotatable bonds is 1. The van der Waals surface area contributed by atoms with Crippen LogP contribution in [0.4, 0.5) is 10.1 Å². The Kier molecular flexibility index (Phi) is 6.07. The highest BCUT2D eigenvalue weighted by Crippen LogP contribution is 2.30. The van der Waals surface area contributed by atoms with Crippen LogP contribution in [-0.2, 0) is 11.3 Å². The lowest BCUT2D eigenvalue weighted by atomic mass is 10.1. The lowest BCUT2D eigenvalue weighted by Gasteiger charge is -2.30. The number of ether oxygens (including phenoxy) is 2. The molecule has 2 aromatic rings. The maximum absolute atomic E-state index is 15.0. The van der Waals surface area contributed by atoms with Gasteiger partial charge in [-0.3, -0.25) is 4.79 Å². The van der Waals surface area contributed by atoms with E-state index in [2.05, 4.69) is 20.8 Å². The molecule has 2 N–H and O–H groups in total. The van der Waals surface area contributed by atoms with Gasteiger partial charge in [0, 0.05) is 25.7 Å². The van der Waals surface area contributed by atoms with Gasteiger partial charge in [0.25, 0.3) is 5.91 Å². The molecule has 0 radical (unpaired) electrons. The first-order chi connectivity index (χ1) is 16.2. The van der Waals surface area contributed by atoms with E-state index in [1.54, 1.807) is 18.5 Å². The molecular weight excluding hydrogens is 427 g/mol. The first-order valence-corrected chi connectivity index (χ1v) is 11.0. The van der Waals surface area contributed by atoms with Crippen LogP contribution in [-0.4, -0.2) is 53.6 Å².